The first kappa shape index (κ1) is 109. The molecular formula is C102H78Cl4F12N14O12. The monoisotopic (exact) mass is 2060 g/mol. The van der Waals surface area contributed by atoms with Gasteiger partial charge in [-0.25, -0.2) is 91.8 Å². The summed E-state index contributed by atoms with van der Waals surface area (Å²) in [5, 5.41) is 23.2. The number of carbonyl (C=O) groups is 7. The summed E-state index contributed by atoms with van der Waals surface area (Å²) in [5.41, 5.74) is 11.4. The quantitative estimate of drug-likeness (QED) is 0.0118. The zero-order valence-corrected chi connectivity index (χ0v) is 75.6. The number of fused-ring (bicyclic) bond motifs is 4. The Morgan fingerprint density at radius 2 is 0.715 bits per heavy atom. The van der Waals surface area contributed by atoms with Crippen molar-refractivity contribution in [2.45, 2.75) is 47.4 Å². The topological polar surface area (TPSA) is 392 Å². The maximum absolute atomic E-state index is 15.1. The molecule has 0 aliphatic rings. The molecule has 0 aliphatic heterocycles. The summed E-state index contributed by atoms with van der Waals surface area (Å²) in [4.78, 5) is 110. The van der Waals surface area contributed by atoms with Crippen molar-refractivity contribution >= 4 is 167 Å². The summed E-state index contributed by atoms with van der Waals surface area (Å²) < 4.78 is 184. The lowest BCUT2D eigenvalue weighted by Crippen LogP contribution is -2.17. The molecule has 8 aromatic heterocycles. The van der Waals surface area contributed by atoms with Gasteiger partial charge in [-0.3, -0.25) is 35.7 Å². The number of aromatic nitrogens is 8. The summed E-state index contributed by atoms with van der Waals surface area (Å²) in [6, 6.07) is 57.8. The minimum absolute atomic E-state index is 0. The lowest BCUT2D eigenvalue weighted by atomic mass is 10.00. The molecule has 1 unspecified atom stereocenters. The van der Waals surface area contributed by atoms with Gasteiger partial charge < -0.3 is 55.5 Å². The minimum atomic E-state index is -1.67. The van der Waals surface area contributed by atoms with Gasteiger partial charge in [0.05, 0.1) is 76.5 Å². The van der Waals surface area contributed by atoms with E-state index in [-0.39, 0.29) is 103 Å². The van der Waals surface area contributed by atoms with Crippen LogP contribution in [0, 0.1) is 69.8 Å². The molecule has 10 aromatic carbocycles. The Morgan fingerprint density at radius 3 is 1.15 bits per heavy atom. The van der Waals surface area contributed by atoms with Crippen molar-refractivity contribution in [2.24, 2.45) is 0 Å². The van der Waals surface area contributed by atoms with Gasteiger partial charge in [0.2, 0.25) is 11.6 Å². The summed E-state index contributed by atoms with van der Waals surface area (Å²) in [6.45, 7) is 0.0317. The number of aromatic amines is 4. The van der Waals surface area contributed by atoms with Crippen LogP contribution in [0.4, 0.5) is 106 Å². The SMILES string of the molecule is C.C.Clc1cnc2[nH]ccc2c1.Nc1ccc(F)c(C(=O)c2c[nH]c3ncc(Cl)cc23)c1F.Nc1ccc(F)cc1F.O=C(Nc1ccc(F)c(C(=O)c2c[nH]c3ncc(Cl)cc23)c1F)OCc1ccccc1.O=C(Nc1ccc(F)c(C(O)c2c[nH]c3ncc(Cl)cc23)c1F)OCc1ccccc1.O=C(Nc1ccc(F)cc1F)OCc1ccccc1.O=Cc1c(F)ccc(NC(=O)OCc2ccccc2)c1F. The first-order valence-corrected chi connectivity index (χ1v) is 42.6. The number of ether oxygens (including phenoxy) is 4. The number of rotatable bonds is 19. The number of hydrogen-bond donors (Lipinski definition) is 11. The van der Waals surface area contributed by atoms with E-state index in [1.165, 1.54) is 61.4 Å². The number of H-pyrrole nitrogens is 4. The fourth-order valence-electron chi connectivity index (χ4n) is 12.8. The lowest BCUT2D eigenvalue weighted by Gasteiger charge is -2.15. The molecule has 0 fully saturated rings. The van der Waals surface area contributed by atoms with Crippen LogP contribution in [0.5, 0.6) is 0 Å². The Labute approximate surface area is 829 Å². The summed E-state index contributed by atoms with van der Waals surface area (Å²) >= 11 is 23.4. The van der Waals surface area contributed by atoms with Gasteiger partial charge in [0.1, 0.15) is 102 Å². The van der Waals surface area contributed by atoms with Crippen LogP contribution in [0.1, 0.15) is 96.5 Å². The molecule has 18 aromatic rings. The fraction of sp³-hybridized carbons (Fsp3) is 0.0686. The molecule has 42 heteroatoms. The smallest absolute Gasteiger partial charge is 0.412 e. The average molecular weight is 2060 g/mol. The van der Waals surface area contributed by atoms with E-state index < -0.39 is 134 Å². The fourth-order valence-corrected chi connectivity index (χ4v) is 13.4. The molecule has 0 spiro atoms. The Morgan fingerprint density at radius 1 is 0.361 bits per heavy atom. The third kappa shape index (κ3) is 29.3. The van der Waals surface area contributed by atoms with E-state index in [2.05, 4.69) is 61.1 Å². The highest BCUT2D eigenvalue weighted by Gasteiger charge is 2.30. The zero-order chi connectivity index (χ0) is 102. The molecular weight excluding hydrogens is 1980 g/mol. The van der Waals surface area contributed by atoms with Gasteiger partial charge in [-0.2, -0.15) is 0 Å². The van der Waals surface area contributed by atoms with E-state index in [4.69, 9.17) is 76.8 Å². The number of nitrogens with one attached hydrogen (secondary N) is 8. The van der Waals surface area contributed by atoms with Gasteiger partial charge in [-0.1, -0.05) is 183 Å². The molecule has 740 valence electrons. The van der Waals surface area contributed by atoms with Gasteiger partial charge in [0, 0.05) is 99.9 Å². The molecule has 4 amide bonds. The average Bonchev–Trinajstić information content (AvgIpc) is 1.64. The van der Waals surface area contributed by atoms with E-state index in [0.717, 1.165) is 106 Å². The van der Waals surface area contributed by atoms with Crippen molar-refractivity contribution in [3.8, 4) is 0 Å². The highest BCUT2D eigenvalue weighted by Crippen LogP contribution is 2.37. The second-order valence-electron chi connectivity index (χ2n) is 29.3. The largest absolute Gasteiger partial charge is 0.444 e. The Kier molecular flexibility index (Phi) is 39.1. The zero-order valence-electron chi connectivity index (χ0n) is 72.5. The third-order valence-corrected chi connectivity index (χ3v) is 20.5. The number of benzene rings is 10. The van der Waals surface area contributed by atoms with Crippen molar-refractivity contribution in [1.29, 1.82) is 0 Å². The number of nitrogens with zero attached hydrogens (tertiary/aromatic N) is 4. The van der Waals surface area contributed by atoms with Crippen LogP contribution in [0.2, 0.25) is 20.1 Å². The van der Waals surface area contributed by atoms with Gasteiger partial charge in [0.25, 0.3) is 0 Å². The van der Waals surface area contributed by atoms with Crippen molar-refractivity contribution in [2.75, 3.05) is 32.7 Å². The normalized spacial score (nSPS) is 10.6. The molecule has 0 radical (unpaired) electrons. The second-order valence-corrected chi connectivity index (χ2v) is 31.1. The van der Waals surface area contributed by atoms with Crippen LogP contribution in [0.25, 0.3) is 44.1 Å². The third-order valence-electron chi connectivity index (χ3n) is 19.7. The maximum Gasteiger partial charge on any atom is 0.412 e. The molecule has 0 bridgehead atoms. The molecule has 0 saturated heterocycles. The molecule has 26 nitrogen and oxygen atoms in total. The van der Waals surface area contributed by atoms with Crippen LogP contribution in [0.15, 0.2) is 286 Å². The van der Waals surface area contributed by atoms with Gasteiger partial charge >= 0.3 is 24.4 Å². The van der Waals surface area contributed by atoms with Crippen molar-refractivity contribution < 1.29 is 110 Å². The molecule has 18 rings (SSSR count). The molecule has 13 N–H and O–H groups in total. The van der Waals surface area contributed by atoms with Crippen LogP contribution < -0.4 is 32.7 Å². The number of aliphatic hydroxyl groups excluding tert-OH is 1. The standard InChI is InChI=1S/C22H16ClF2N3O3.C22H14ClF2N3O3.C15H11F2NO3.C14H8ClF2N3O.C14H11F2NO2.C7H5ClN2.C6H5F2N.2CH4/c2*23-13-8-14-15(10-27-21(14)26-9-13)20(29)18-16(24)6-7-17(19(18)25)28-22(30)31-11-12-4-2-1-3-5-12;16-12-6-7-13(14(17)11(12)8-19)18-15(20)21-9-10-4-2-1-3-5-10;15-6-3-7-8(5-20-14(7)19-4-6)13(21)11-9(16)1-2-10(18)12(11)17;15-11-6-7-13(12(16)8-11)17-14(18)19-9-10-4-2-1-3-5-10;8-6-3-5-1-2-9-7(5)10-4-6;7-4-1-2-6(9)5(8)3-4;;/h1-10,20,29H,11H2,(H,26,27)(H,28,30);1-10H,11H2,(H,26,27)(H,28,30);1-8H,9H2,(H,18,20);1-5H,18H2,(H,19,20);1-8H,9H2,(H,17,18);1-4H,(H,9,10);1-3H,9H2;2*1H4. The van der Waals surface area contributed by atoms with Gasteiger partial charge in [-0.05, 0) is 125 Å². The number of nitrogens with two attached hydrogens (primary N) is 2. The highest BCUT2D eigenvalue weighted by molar-refractivity contribution is 6.32. The molecule has 1 atom stereocenters. The van der Waals surface area contributed by atoms with Crippen molar-refractivity contribution in [1.82, 2.24) is 39.9 Å². The summed E-state index contributed by atoms with van der Waals surface area (Å²) in [7, 11) is 0. The maximum atomic E-state index is 15.1. The molecule has 8 heterocycles. The number of halogens is 16. The summed E-state index contributed by atoms with van der Waals surface area (Å²) in [5.74, 6) is -13.2. The van der Waals surface area contributed by atoms with E-state index >= 15 is 4.39 Å². The van der Waals surface area contributed by atoms with E-state index in [9.17, 15) is 87.0 Å². The predicted octanol–water partition coefficient (Wildman–Crippen LogP) is 26.4. The molecule has 144 heavy (non-hydrogen) atoms. The first-order valence-electron chi connectivity index (χ1n) is 41.1. The predicted molar refractivity (Wildman–Crippen MR) is 522 cm³/mol. The van der Waals surface area contributed by atoms with Crippen LogP contribution in [-0.2, 0) is 45.4 Å². The summed E-state index contributed by atoms with van der Waals surface area (Å²) in [6.07, 6.45) is 6.48. The molecule has 0 aliphatic carbocycles. The van der Waals surface area contributed by atoms with Crippen LogP contribution >= 0.6 is 46.4 Å². The van der Waals surface area contributed by atoms with Gasteiger partial charge in [-0.15, -0.1) is 0 Å². The Hall–Kier alpha value is -17.1. The number of hydrogen-bond acceptors (Lipinski definition) is 18. The van der Waals surface area contributed by atoms with E-state index in [0.29, 0.717) is 54.2 Å². The number of ketones is 2. The number of anilines is 6. The minimum Gasteiger partial charge on any atom is -0.444 e. The molecule has 0 saturated carbocycles. The van der Waals surface area contributed by atoms with Gasteiger partial charge in [0.15, 0.2) is 29.6 Å². The van der Waals surface area contributed by atoms with E-state index in [1.807, 2.05) is 54.7 Å². The first-order chi connectivity index (χ1) is 68.2. The van der Waals surface area contributed by atoms with Crippen LogP contribution in [0.3, 0.4) is 0 Å². The highest BCUT2D eigenvalue weighted by atomic mass is 35.5. The Balaban J connectivity index is 0.000000178. The van der Waals surface area contributed by atoms with E-state index in [1.54, 1.807) is 91.1 Å². The number of aldehydes is 1. The number of amides is 4. The number of carbonyl (C=O) groups excluding carboxylic acids is 7. The number of pyridine rings is 4. The lowest BCUT2D eigenvalue weighted by molar-refractivity contribution is 0.102. The second kappa shape index (κ2) is 51.7. The van der Waals surface area contributed by atoms with Crippen LogP contribution in [-0.4, -0.2) is 87.2 Å². The Bertz CT molecular complexity index is 7600. The van der Waals surface area contributed by atoms with Crippen molar-refractivity contribution in [3.05, 3.63) is 437 Å². The number of aliphatic hydroxyl groups is 1. The van der Waals surface area contributed by atoms with Crippen molar-refractivity contribution in [3.63, 3.8) is 0 Å². The number of nitrogen functional groups attached to an aromatic ring is 2.